The molecule has 0 spiro atoms. The van der Waals surface area contributed by atoms with Gasteiger partial charge in [-0.3, -0.25) is 4.79 Å². The zero-order chi connectivity index (χ0) is 17.9. The Hall–Kier alpha value is -2.80. The van der Waals surface area contributed by atoms with E-state index in [1.165, 1.54) is 18.2 Å². The number of phenols is 2. The molecule has 4 aliphatic rings. The van der Waals surface area contributed by atoms with Gasteiger partial charge in [0.2, 0.25) is 0 Å². The summed E-state index contributed by atoms with van der Waals surface area (Å²) in [5, 5.41) is 38.7. The molecule has 4 N–H and O–H groups in total. The van der Waals surface area contributed by atoms with Crippen molar-refractivity contribution in [2.75, 3.05) is 0 Å². The summed E-state index contributed by atoms with van der Waals surface area (Å²) in [6.45, 7) is 0. The van der Waals surface area contributed by atoms with Gasteiger partial charge in [0, 0.05) is 23.8 Å². The number of carboxylic acid groups (broad SMARTS) is 1. The number of hydrogen-bond donors (Lipinski definition) is 4. The molecule has 1 aliphatic heterocycles. The van der Waals surface area contributed by atoms with Crippen molar-refractivity contribution in [2.24, 2.45) is 17.8 Å². The highest BCUT2D eigenvalue weighted by Crippen LogP contribution is 2.58. The van der Waals surface area contributed by atoms with Crippen molar-refractivity contribution in [3.05, 3.63) is 47.6 Å². The van der Waals surface area contributed by atoms with Gasteiger partial charge in [0.1, 0.15) is 6.10 Å². The smallest absolute Gasteiger partial charge is 0.328 e. The average Bonchev–Trinajstić information content (AvgIpc) is 2.88. The summed E-state index contributed by atoms with van der Waals surface area (Å²) < 4.78 is 5.35. The predicted molar refractivity (Wildman–Crippen MR) is 83.7 cm³/mol. The number of aromatic hydroxyl groups is 2. The van der Waals surface area contributed by atoms with E-state index in [-0.39, 0.29) is 11.5 Å². The topological polar surface area (TPSA) is 124 Å². The normalized spacial score (nSPS) is 35.7. The Balaban J connectivity index is 1.81. The summed E-state index contributed by atoms with van der Waals surface area (Å²) in [5.41, 5.74) is 1.28. The minimum absolute atomic E-state index is 0.266. The molecule has 1 aromatic rings. The minimum Gasteiger partial charge on any atom is -0.504 e. The van der Waals surface area contributed by atoms with Crippen molar-refractivity contribution in [1.82, 2.24) is 0 Å². The van der Waals surface area contributed by atoms with Gasteiger partial charge in [-0.1, -0.05) is 18.2 Å². The lowest BCUT2D eigenvalue weighted by Crippen LogP contribution is -2.51. The molecule has 25 heavy (non-hydrogen) atoms. The number of esters is 1. The van der Waals surface area contributed by atoms with Crippen LogP contribution >= 0.6 is 0 Å². The van der Waals surface area contributed by atoms with Gasteiger partial charge in [0.05, 0.1) is 12.0 Å². The van der Waals surface area contributed by atoms with Gasteiger partial charge in [-0.15, -0.1) is 0 Å². The zero-order valence-electron chi connectivity index (χ0n) is 12.9. The first-order valence-electron chi connectivity index (χ1n) is 7.91. The van der Waals surface area contributed by atoms with Crippen LogP contribution in [-0.4, -0.2) is 44.6 Å². The number of aliphatic hydroxyl groups excluding tert-OH is 1. The predicted octanol–water partition coefficient (Wildman–Crippen LogP) is 0.911. The first-order valence-corrected chi connectivity index (χ1v) is 7.91. The summed E-state index contributed by atoms with van der Waals surface area (Å²) in [6, 6.07) is 4.33. The monoisotopic (exact) mass is 344 g/mol. The number of hydrogen-bond acceptors (Lipinski definition) is 6. The standard InChI is InChI=1S/C18H16O7/c19-10-3-1-8(6-11(10)20)13-9-5-7(2-4-12(21)22)14-15(13)18(24)25-17(14)16(9)23/h1-6,9,13-17,19-20,23H,(H,21,22)/b4-2+/t9-,13?,14+,15?,16?,17?/m1/s1. The molecule has 0 radical (unpaired) electrons. The first-order chi connectivity index (χ1) is 11.9. The number of rotatable bonds is 3. The second kappa shape index (κ2) is 5.35. The maximum Gasteiger partial charge on any atom is 0.328 e. The van der Waals surface area contributed by atoms with Crippen LogP contribution in [0.15, 0.2) is 42.0 Å². The quantitative estimate of drug-likeness (QED) is 0.365. The number of carbonyl (C=O) groups excluding carboxylic acids is 1. The van der Waals surface area contributed by atoms with E-state index in [4.69, 9.17) is 9.84 Å². The molecule has 0 amide bonds. The number of carboxylic acids is 1. The highest BCUT2D eigenvalue weighted by molar-refractivity contribution is 5.82. The fourth-order valence-electron chi connectivity index (χ4n) is 4.40. The maximum atomic E-state index is 12.4. The van der Waals surface area contributed by atoms with Crippen LogP contribution in [0.5, 0.6) is 11.5 Å². The van der Waals surface area contributed by atoms with Crippen molar-refractivity contribution in [2.45, 2.75) is 18.1 Å². The lowest BCUT2D eigenvalue weighted by molar-refractivity contribution is -0.146. The van der Waals surface area contributed by atoms with Crippen molar-refractivity contribution in [1.29, 1.82) is 0 Å². The van der Waals surface area contributed by atoms with E-state index in [0.29, 0.717) is 11.1 Å². The fraction of sp³-hybridized carbons (Fsp3) is 0.333. The van der Waals surface area contributed by atoms with Crippen LogP contribution in [0.2, 0.25) is 0 Å². The Morgan fingerprint density at radius 3 is 2.56 bits per heavy atom. The Bertz CT molecular complexity index is 825. The van der Waals surface area contributed by atoms with E-state index >= 15 is 0 Å². The third-order valence-corrected chi connectivity index (χ3v) is 5.37. The summed E-state index contributed by atoms with van der Waals surface area (Å²) in [5.74, 6) is -3.98. The van der Waals surface area contributed by atoms with Crippen LogP contribution in [0.25, 0.3) is 0 Å². The molecule has 1 heterocycles. The molecule has 6 atom stereocenters. The van der Waals surface area contributed by atoms with Crippen LogP contribution in [0.1, 0.15) is 11.5 Å². The molecule has 3 aliphatic carbocycles. The van der Waals surface area contributed by atoms with E-state index in [2.05, 4.69) is 0 Å². The molecular weight excluding hydrogens is 328 g/mol. The molecule has 1 saturated heterocycles. The Labute approximate surface area is 142 Å². The number of aliphatic carboxylic acids is 1. The first kappa shape index (κ1) is 15.7. The summed E-state index contributed by atoms with van der Waals surface area (Å²) in [6.07, 6.45) is 2.62. The molecule has 1 aromatic carbocycles. The number of allylic oxidation sites excluding steroid dienone is 1. The van der Waals surface area contributed by atoms with Crippen molar-refractivity contribution >= 4 is 11.9 Å². The van der Waals surface area contributed by atoms with Crippen molar-refractivity contribution < 1.29 is 34.8 Å². The molecule has 7 nitrogen and oxygen atoms in total. The molecule has 7 heteroatoms. The molecule has 4 unspecified atom stereocenters. The molecule has 2 fully saturated rings. The van der Waals surface area contributed by atoms with E-state index in [1.54, 1.807) is 12.1 Å². The van der Waals surface area contributed by atoms with E-state index in [0.717, 1.165) is 6.08 Å². The largest absolute Gasteiger partial charge is 0.504 e. The second-order valence-corrected chi connectivity index (χ2v) is 6.63. The van der Waals surface area contributed by atoms with E-state index in [9.17, 15) is 24.9 Å². The van der Waals surface area contributed by atoms with Gasteiger partial charge in [-0.25, -0.2) is 4.79 Å². The van der Waals surface area contributed by atoms with E-state index in [1.807, 2.05) is 0 Å². The maximum absolute atomic E-state index is 12.4. The number of carbonyl (C=O) groups is 2. The molecule has 1 saturated carbocycles. The Kier molecular flexibility index (Phi) is 3.36. The third-order valence-electron chi connectivity index (χ3n) is 5.37. The number of benzene rings is 1. The molecule has 130 valence electrons. The number of phenolic OH excluding ortho intramolecular Hbond substituents is 2. The summed E-state index contributed by atoms with van der Waals surface area (Å²) in [4.78, 5) is 23.2. The fourth-order valence-corrected chi connectivity index (χ4v) is 4.40. The SMILES string of the molecule is O=C(O)/C=C/C1=C[C@H]2C(O)C3OC(=O)C(C2c2ccc(O)c(O)c2)[C@H]13. The van der Waals surface area contributed by atoms with Gasteiger partial charge in [0.25, 0.3) is 0 Å². The average molecular weight is 344 g/mol. The van der Waals surface area contributed by atoms with Crippen molar-refractivity contribution in [3.63, 3.8) is 0 Å². The molecule has 0 aromatic heterocycles. The number of aliphatic hydroxyl groups is 1. The van der Waals surface area contributed by atoms with Gasteiger partial charge in [0.15, 0.2) is 11.5 Å². The van der Waals surface area contributed by atoms with Crippen LogP contribution in [0, 0.1) is 17.8 Å². The van der Waals surface area contributed by atoms with Gasteiger partial charge < -0.3 is 25.2 Å². The molecule has 5 rings (SSSR count). The highest BCUT2D eigenvalue weighted by atomic mass is 16.6. The Morgan fingerprint density at radius 2 is 1.88 bits per heavy atom. The van der Waals surface area contributed by atoms with Crippen LogP contribution < -0.4 is 0 Å². The number of ether oxygens (including phenoxy) is 1. The lowest BCUT2D eigenvalue weighted by Gasteiger charge is -2.46. The lowest BCUT2D eigenvalue weighted by atomic mass is 9.56. The highest BCUT2D eigenvalue weighted by Gasteiger charge is 2.63. The third kappa shape index (κ3) is 2.23. The van der Waals surface area contributed by atoms with Crippen LogP contribution in [0.4, 0.5) is 0 Å². The molecule has 4 bridgehead atoms. The van der Waals surface area contributed by atoms with Gasteiger partial charge in [-0.2, -0.15) is 0 Å². The molecular formula is C18H16O7. The van der Waals surface area contributed by atoms with Gasteiger partial charge in [-0.05, 0) is 23.3 Å². The van der Waals surface area contributed by atoms with Crippen LogP contribution in [0.3, 0.4) is 0 Å². The van der Waals surface area contributed by atoms with Crippen LogP contribution in [-0.2, 0) is 14.3 Å². The van der Waals surface area contributed by atoms with Crippen molar-refractivity contribution in [3.8, 4) is 11.5 Å². The summed E-state index contributed by atoms with van der Waals surface area (Å²) in [7, 11) is 0. The van der Waals surface area contributed by atoms with Gasteiger partial charge >= 0.3 is 11.9 Å². The second-order valence-electron chi connectivity index (χ2n) is 6.63. The minimum atomic E-state index is -1.09. The zero-order valence-corrected chi connectivity index (χ0v) is 12.9. The summed E-state index contributed by atoms with van der Waals surface area (Å²) >= 11 is 0. The van der Waals surface area contributed by atoms with E-state index < -0.39 is 47.8 Å². The Morgan fingerprint density at radius 1 is 1.12 bits per heavy atom.